The minimum atomic E-state index is -0.0254. The smallest absolute Gasteiger partial charge is 0.251 e. The predicted octanol–water partition coefficient (Wildman–Crippen LogP) is 3.25. The molecule has 0 heterocycles. The summed E-state index contributed by atoms with van der Waals surface area (Å²) in [5.74, 6) is -0.0254. The summed E-state index contributed by atoms with van der Waals surface area (Å²) in [4.78, 5) is 12.3. The highest BCUT2D eigenvalue weighted by Crippen LogP contribution is 2.15. The highest BCUT2D eigenvalue weighted by molar-refractivity contribution is 5.98. The van der Waals surface area contributed by atoms with Crippen LogP contribution in [0.5, 0.6) is 0 Å². The fraction of sp³-hybridized carbons (Fsp3) is 0.261. The van der Waals surface area contributed by atoms with Crippen molar-refractivity contribution in [1.29, 1.82) is 0 Å². The van der Waals surface area contributed by atoms with E-state index in [1.165, 1.54) is 11.1 Å². The summed E-state index contributed by atoms with van der Waals surface area (Å²) < 4.78 is 0. The maximum atomic E-state index is 12.3. The Balaban J connectivity index is 1.32. The van der Waals surface area contributed by atoms with Gasteiger partial charge in [0.2, 0.25) is 0 Å². The van der Waals surface area contributed by atoms with Crippen molar-refractivity contribution >= 4 is 16.7 Å². The monoisotopic (exact) mass is 361 g/mol. The van der Waals surface area contributed by atoms with Crippen LogP contribution in [0.25, 0.3) is 10.8 Å². The molecule has 0 aromatic heterocycles. The van der Waals surface area contributed by atoms with Crippen LogP contribution in [0.2, 0.25) is 0 Å². The minimum Gasteiger partial charge on any atom is -0.351 e. The van der Waals surface area contributed by atoms with Crippen LogP contribution >= 0.6 is 0 Å². The van der Waals surface area contributed by atoms with Crippen LogP contribution in [-0.4, -0.2) is 25.5 Å². The topological polar surface area (TPSA) is 67.2 Å². The van der Waals surface area contributed by atoms with Gasteiger partial charge >= 0.3 is 0 Å². The van der Waals surface area contributed by atoms with E-state index in [-0.39, 0.29) is 5.91 Å². The lowest BCUT2D eigenvalue weighted by Crippen LogP contribution is -2.32. The molecular weight excluding hydrogens is 334 g/mol. The molecule has 0 saturated heterocycles. The van der Waals surface area contributed by atoms with Crippen molar-refractivity contribution in [3.63, 3.8) is 0 Å². The zero-order chi connectivity index (χ0) is 18.9. The molecule has 0 radical (unpaired) electrons. The molecule has 0 aliphatic rings. The number of nitrogens with two attached hydrogens (primary N) is 1. The SMILES string of the molecule is NCc1ccc(CCCNCCNC(=O)c2ccc3ccccc3c2)cc1. The first kappa shape index (κ1) is 19.1. The Morgan fingerprint density at radius 3 is 2.33 bits per heavy atom. The van der Waals surface area contributed by atoms with E-state index < -0.39 is 0 Å². The van der Waals surface area contributed by atoms with Gasteiger partial charge in [0.1, 0.15) is 0 Å². The van der Waals surface area contributed by atoms with Gasteiger partial charge in [-0.05, 0) is 53.4 Å². The van der Waals surface area contributed by atoms with E-state index in [0.717, 1.165) is 36.7 Å². The van der Waals surface area contributed by atoms with Crippen LogP contribution in [0.4, 0.5) is 0 Å². The van der Waals surface area contributed by atoms with E-state index in [0.29, 0.717) is 18.7 Å². The second kappa shape index (κ2) is 9.86. The van der Waals surface area contributed by atoms with Crippen LogP contribution in [0.3, 0.4) is 0 Å². The largest absolute Gasteiger partial charge is 0.351 e. The zero-order valence-corrected chi connectivity index (χ0v) is 15.6. The van der Waals surface area contributed by atoms with Gasteiger partial charge in [-0.25, -0.2) is 0 Å². The van der Waals surface area contributed by atoms with Crippen LogP contribution in [0.15, 0.2) is 66.7 Å². The number of amides is 1. The van der Waals surface area contributed by atoms with Gasteiger partial charge in [0, 0.05) is 25.2 Å². The molecule has 27 heavy (non-hydrogen) atoms. The molecule has 0 spiro atoms. The molecule has 0 aliphatic heterocycles. The summed E-state index contributed by atoms with van der Waals surface area (Å²) in [5, 5.41) is 8.58. The highest BCUT2D eigenvalue weighted by atomic mass is 16.1. The van der Waals surface area contributed by atoms with Crippen molar-refractivity contribution in [1.82, 2.24) is 10.6 Å². The molecule has 0 saturated carbocycles. The molecule has 1 amide bonds. The lowest BCUT2D eigenvalue weighted by molar-refractivity contribution is 0.0954. The van der Waals surface area contributed by atoms with E-state index >= 15 is 0 Å². The molecule has 3 aromatic rings. The number of carbonyl (C=O) groups excluding carboxylic acids is 1. The number of benzene rings is 3. The van der Waals surface area contributed by atoms with E-state index in [1.54, 1.807) is 0 Å². The van der Waals surface area contributed by atoms with Crippen molar-refractivity contribution in [3.8, 4) is 0 Å². The number of carbonyl (C=O) groups is 1. The fourth-order valence-electron chi connectivity index (χ4n) is 3.08. The third kappa shape index (κ3) is 5.64. The Hall–Kier alpha value is -2.69. The molecule has 3 aromatic carbocycles. The molecule has 0 bridgehead atoms. The second-order valence-electron chi connectivity index (χ2n) is 6.69. The van der Waals surface area contributed by atoms with E-state index in [9.17, 15) is 4.79 Å². The van der Waals surface area contributed by atoms with Crippen LogP contribution in [-0.2, 0) is 13.0 Å². The molecule has 0 unspecified atom stereocenters. The molecule has 4 nitrogen and oxygen atoms in total. The maximum absolute atomic E-state index is 12.3. The lowest BCUT2D eigenvalue weighted by Gasteiger charge is -2.08. The normalized spacial score (nSPS) is 10.9. The summed E-state index contributed by atoms with van der Waals surface area (Å²) in [6.45, 7) is 2.92. The number of rotatable bonds is 9. The Morgan fingerprint density at radius 2 is 1.56 bits per heavy atom. The van der Waals surface area contributed by atoms with Crippen LogP contribution in [0.1, 0.15) is 27.9 Å². The van der Waals surface area contributed by atoms with Crippen molar-refractivity contribution in [2.24, 2.45) is 5.73 Å². The molecule has 4 N–H and O–H groups in total. The molecule has 140 valence electrons. The summed E-state index contributed by atoms with van der Waals surface area (Å²) in [6, 6.07) is 22.3. The first-order valence-corrected chi connectivity index (χ1v) is 9.52. The Bertz CT molecular complexity index is 874. The minimum absolute atomic E-state index is 0.0254. The van der Waals surface area contributed by atoms with Gasteiger partial charge in [-0.1, -0.05) is 54.6 Å². The quantitative estimate of drug-likeness (QED) is 0.513. The van der Waals surface area contributed by atoms with Crippen LogP contribution < -0.4 is 16.4 Å². The van der Waals surface area contributed by atoms with Gasteiger partial charge in [-0.3, -0.25) is 4.79 Å². The van der Waals surface area contributed by atoms with Crippen molar-refractivity contribution in [2.75, 3.05) is 19.6 Å². The number of nitrogens with one attached hydrogen (secondary N) is 2. The van der Waals surface area contributed by atoms with Gasteiger partial charge in [0.15, 0.2) is 0 Å². The summed E-state index contributed by atoms with van der Waals surface area (Å²) in [7, 11) is 0. The van der Waals surface area contributed by atoms with Crippen molar-refractivity contribution in [2.45, 2.75) is 19.4 Å². The van der Waals surface area contributed by atoms with E-state index in [1.807, 2.05) is 42.5 Å². The molecule has 3 rings (SSSR count). The number of fused-ring (bicyclic) bond motifs is 1. The van der Waals surface area contributed by atoms with E-state index in [2.05, 4.69) is 34.9 Å². The first-order chi connectivity index (χ1) is 13.3. The predicted molar refractivity (Wildman–Crippen MR) is 112 cm³/mol. The summed E-state index contributed by atoms with van der Waals surface area (Å²) >= 11 is 0. The Labute approximate surface area is 160 Å². The van der Waals surface area contributed by atoms with E-state index in [4.69, 9.17) is 5.73 Å². The lowest BCUT2D eigenvalue weighted by atomic mass is 10.1. The highest BCUT2D eigenvalue weighted by Gasteiger charge is 2.05. The average Bonchev–Trinajstić information content (AvgIpc) is 2.73. The van der Waals surface area contributed by atoms with Crippen molar-refractivity contribution < 1.29 is 4.79 Å². The number of hydrogen-bond donors (Lipinski definition) is 3. The van der Waals surface area contributed by atoms with Gasteiger partial charge in [-0.2, -0.15) is 0 Å². The Kier molecular flexibility index (Phi) is 6.97. The summed E-state index contributed by atoms with van der Waals surface area (Å²) in [6.07, 6.45) is 2.11. The number of hydrogen-bond acceptors (Lipinski definition) is 3. The van der Waals surface area contributed by atoms with Gasteiger partial charge in [0.05, 0.1) is 0 Å². The standard InChI is InChI=1S/C23H27N3O/c24-17-19-9-7-18(8-10-19)4-3-13-25-14-15-26-23(27)22-12-11-20-5-1-2-6-21(20)16-22/h1-2,5-12,16,25H,3-4,13-15,17,24H2,(H,26,27). The fourth-order valence-corrected chi connectivity index (χ4v) is 3.08. The van der Waals surface area contributed by atoms with Gasteiger partial charge < -0.3 is 16.4 Å². The van der Waals surface area contributed by atoms with Crippen LogP contribution in [0, 0.1) is 0 Å². The Morgan fingerprint density at radius 1 is 0.815 bits per heavy atom. The van der Waals surface area contributed by atoms with Crippen molar-refractivity contribution in [3.05, 3.63) is 83.4 Å². The molecular formula is C23H27N3O. The summed E-state index contributed by atoms with van der Waals surface area (Å²) in [5.41, 5.74) is 8.81. The molecule has 0 aliphatic carbocycles. The number of aryl methyl sites for hydroxylation is 1. The third-order valence-corrected chi connectivity index (χ3v) is 4.68. The molecule has 0 fully saturated rings. The second-order valence-corrected chi connectivity index (χ2v) is 6.69. The van der Waals surface area contributed by atoms with Gasteiger partial charge in [-0.15, -0.1) is 0 Å². The average molecular weight is 361 g/mol. The zero-order valence-electron chi connectivity index (χ0n) is 15.6. The molecule has 4 heteroatoms. The molecule has 0 atom stereocenters. The first-order valence-electron chi connectivity index (χ1n) is 9.52. The third-order valence-electron chi connectivity index (χ3n) is 4.68. The maximum Gasteiger partial charge on any atom is 0.251 e. The van der Waals surface area contributed by atoms with Gasteiger partial charge in [0.25, 0.3) is 5.91 Å².